The van der Waals surface area contributed by atoms with Crippen molar-refractivity contribution in [3.8, 4) is 0 Å². The third-order valence-corrected chi connectivity index (χ3v) is 4.73. The molecule has 0 aliphatic carbocycles. The van der Waals surface area contributed by atoms with E-state index in [2.05, 4.69) is 19.2 Å². The summed E-state index contributed by atoms with van der Waals surface area (Å²) in [6, 6.07) is -0.691. The summed E-state index contributed by atoms with van der Waals surface area (Å²) in [5.74, 6) is 0. The Morgan fingerprint density at radius 1 is 1.10 bits per heavy atom. The third kappa shape index (κ3) is 10.2. The van der Waals surface area contributed by atoms with Crippen molar-refractivity contribution in [2.24, 2.45) is 0 Å². The zero-order valence-corrected chi connectivity index (χ0v) is 20.3. The molecule has 0 bridgehead atoms. The standard InChI is InChI=1S/C20H34Cl3NO6/c1-5-8-11-26-16-14(4)30-18(28-10-7-3)15(17(16)27-12-9-6-2)24-19(25)29-13-20(21,22)23/h7,10,14-18H,5-6,8-9,11-13H2,1-4H3,(H,24,25)/b10-7-/t14?,15?,16-,17?,18+/m1/s1. The zero-order chi connectivity index (χ0) is 22.6. The lowest BCUT2D eigenvalue weighted by atomic mass is 9.97. The van der Waals surface area contributed by atoms with Gasteiger partial charge in [-0.1, -0.05) is 67.6 Å². The summed E-state index contributed by atoms with van der Waals surface area (Å²) in [5.41, 5.74) is 0. The molecule has 0 aromatic carbocycles. The average Bonchev–Trinajstić information content (AvgIpc) is 2.68. The number of ether oxygens (including phenoxy) is 5. The first-order valence-electron chi connectivity index (χ1n) is 10.4. The topological polar surface area (TPSA) is 75.3 Å². The molecule has 1 N–H and O–H groups in total. The molecule has 0 spiro atoms. The van der Waals surface area contributed by atoms with Crippen LogP contribution in [0.3, 0.4) is 0 Å². The van der Waals surface area contributed by atoms with Gasteiger partial charge in [0, 0.05) is 13.2 Å². The second kappa shape index (κ2) is 14.6. The number of rotatable bonds is 12. The first-order chi connectivity index (χ1) is 14.2. The average molecular weight is 491 g/mol. The number of nitrogens with one attached hydrogen (secondary N) is 1. The van der Waals surface area contributed by atoms with Crippen LogP contribution in [-0.2, 0) is 23.7 Å². The smallest absolute Gasteiger partial charge is 0.407 e. The molecule has 0 radical (unpaired) electrons. The number of amides is 1. The fourth-order valence-corrected chi connectivity index (χ4v) is 3.07. The van der Waals surface area contributed by atoms with Crippen LogP contribution < -0.4 is 5.32 Å². The molecular formula is C20H34Cl3NO6. The van der Waals surface area contributed by atoms with Crippen LogP contribution in [0.1, 0.15) is 53.4 Å². The predicted octanol–water partition coefficient (Wildman–Crippen LogP) is 5.12. The summed E-state index contributed by atoms with van der Waals surface area (Å²) in [7, 11) is 0. The van der Waals surface area contributed by atoms with E-state index in [9.17, 15) is 4.79 Å². The van der Waals surface area contributed by atoms with Gasteiger partial charge in [0.05, 0.1) is 12.4 Å². The molecule has 1 fully saturated rings. The highest BCUT2D eigenvalue weighted by Gasteiger charge is 2.47. The quantitative estimate of drug-likeness (QED) is 0.232. The van der Waals surface area contributed by atoms with Gasteiger partial charge in [-0.3, -0.25) is 0 Å². The molecule has 10 heteroatoms. The normalized spacial score (nSPS) is 27.2. The van der Waals surface area contributed by atoms with Crippen LogP contribution in [-0.4, -0.2) is 60.4 Å². The lowest BCUT2D eigenvalue weighted by Gasteiger charge is -2.44. The van der Waals surface area contributed by atoms with Crippen LogP contribution in [0, 0.1) is 0 Å². The Labute approximate surface area is 194 Å². The summed E-state index contributed by atoms with van der Waals surface area (Å²) in [4.78, 5) is 12.4. The van der Waals surface area contributed by atoms with Gasteiger partial charge in [-0.2, -0.15) is 0 Å². The lowest BCUT2D eigenvalue weighted by Crippen LogP contribution is -2.64. The van der Waals surface area contributed by atoms with Gasteiger partial charge in [0.25, 0.3) is 0 Å². The number of hydrogen-bond acceptors (Lipinski definition) is 6. The van der Waals surface area contributed by atoms with E-state index in [4.69, 9.17) is 58.5 Å². The van der Waals surface area contributed by atoms with E-state index in [1.807, 2.05) is 13.8 Å². The number of alkyl halides is 3. The lowest BCUT2D eigenvalue weighted by molar-refractivity contribution is -0.262. The van der Waals surface area contributed by atoms with Gasteiger partial charge in [0.2, 0.25) is 10.1 Å². The summed E-state index contributed by atoms with van der Waals surface area (Å²) < 4.78 is 27.2. The predicted molar refractivity (Wildman–Crippen MR) is 118 cm³/mol. The molecule has 1 aliphatic rings. The van der Waals surface area contributed by atoms with Crippen molar-refractivity contribution < 1.29 is 28.5 Å². The van der Waals surface area contributed by atoms with Crippen molar-refractivity contribution in [3.05, 3.63) is 12.3 Å². The molecule has 1 aliphatic heterocycles. The number of carbonyl (C=O) groups excluding carboxylic acids is 1. The van der Waals surface area contributed by atoms with Crippen LogP contribution in [0.2, 0.25) is 0 Å². The van der Waals surface area contributed by atoms with Crippen LogP contribution in [0.4, 0.5) is 4.79 Å². The van der Waals surface area contributed by atoms with Crippen LogP contribution in [0.5, 0.6) is 0 Å². The highest BCUT2D eigenvalue weighted by atomic mass is 35.6. The molecule has 0 aromatic heterocycles. The number of allylic oxidation sites excluding steroid dienone is 1. The molecule has 0 aromatic rings. The summed E-state index contributed by atoms with van der Waals surface area (Å²) in [5, 5.41) is 2.74. The molecule has 3 unspecified atom stereocenters. The van der Waals surface area contributed by atoms with E-state index in [0.29, 0.717) is 13.2 Å². The second-order valence-corrected chi connectivity index (χ2v) is 9.57. The molecule has 7 nitrogen and oxygen atoms in total. The molecule has 1 saturated heterocycles. The maximum Gasteiger partial charge on any atom is 0.407 e. The van der Waals surface area contributed by atoms with Crippen LogP contribution in [0.15, 0.2) is 12.3 Å². The van der Waals surface area contributed by atoms with Gasteiger partial charge in [-0.05, 0) is 26.7 Å². The SMILES string of the molecule is C/C=C\O[C@H]1OC(C)[C@@H](OCCCC)C(OCCCC)C1NC(=O)OCC(Cl)(Cl)Cl. The van der Waals surface area contributed by atoms with E-state index >= 15 is 0 Å². The maximum absolute atomic E-state index is 12.4. The van der Waals surface area contributed by atoms with Crippen molar-refractivity contribution in [1.82, 2.24) is 5.32 Å². The van der Waals surface area contributed by atoms with Gasteiger partial charge >= 0.3 is 6.09 Å². The van der Waals surface area contributed by atoms with E-state index in [-0.39, 0.29) is 6.10 Å². The Balaban J connectivity index is 3.01. The van der Waals surface area contributed by atoms with Crippen molar-refractivity contribution in [1.29, 1.82) is 0 Å². The van der Waals surface area contributed by atoms with Crippen molar-refractivity contribution in [2.75, 3.05) is 19.8 Å². The molecule has 1 rings (SSSR count). The number of alkyl carbamates (subject to hydrolysis) is 1. The van der Waals surface area contributed by atoms with Gasteiger partial charge in [0.15, 0.2) is 0 Å². The summed E-state index contributed by atoms with van der Waals surface area (Å²) in [6.45, 7) is 8.56. The van der Waals surface area contributed by atoms with Gasteiger partial charge in [-0.25, -0.2) is 4.79 Å². The summed E-state index contributed by atoms with van der Waals surface area (Å²) in [6.07, 6.45) is 4.21. The van der Waals surface area contributed by atoms with Crippen molar-refractivity contribution in [3.63, 3.8) is 0 Å². The molecule has 176 valence electrons. The molecule has 1 amide bonds. The van der Waals surface area contributed by atoms with Gasteiger partial charge in [-0.15, -0.1) is 0 Å². The van der Waals surface area contributed by atoms with Gasteiger partial charge in [0.1, 0.15) is 24.9 Å². The Morgan fingerprint density at radius 3 is 2.23 bits per heavy atom. The largest absolute Gasteiger partial charge is 0.471 e. The number of carbonyl (C=O) groups is 1. The summed E-state index contributed by atoms with van der Waals surface area (Å²) >= 11 is 17.0. The first-order valence-corrected chi connectivity index (χ1v) is 11.5. The van der Waals surface area contributed by atoms with Gasteiger partial charge < -0.3 is 29.0 Å². The van der Waals surface area contributed by atoms with E-state index in [1.54, 1.807) is 6.08 Å². The molecule has 5 atom stereocenters. The monoisotopic (exact) mass is 489 g/mol. The fourth-order valence-electron chi connectivity index (χ4n) is 2.90. The maximum atomic E-state index is 12.4. The minimum Gasteiger partial charge on any atom is -0.471 e. The third-order valence-electron chi connectivity index (χ3n) is 4.40. The minimum absolute atomic E-state index is 0.306. The first kappa shape index (κ1) is 27.6. The Kier molecular flexibility index (Phi) is 13.4. The molecule has 0 saturated carbocycles. The Hall–Kier alpha value is -0.440. The highest BCUT2D eigenvalue weighted by Crippen LogP contribution is 2.28. The molecule has 30 heavy (non-hydrogen) atoms. The number of halogens is 3. The van der Waals surface area contributed by atoms with E-state index < -0.39 is 41.0 Å². The minimum atomic E-state index is -1.71. The highest BCUT2D eigenvalue weighted by molar-refractivity contribution is 6.67. The van der Waals surface area contributed by atoms with E-state index in [1.165, 1.54) is 6.26 Å². The van der Waals surface area contributed by atoms with Crippen LogP contribution >= 0.6 is 34.8 Å². The number of hydrogen-bond donors (Lipinski definition) is 1. The number of unbranched alkanes of at least 4 members (excludes halogenated alkanes) is 2. The van der Waals surface area contributed by atoms with Crippen molar-refractivity contribution >= 4 is 40.9 Å². The zero-order valence-electron chi connectivity index (χ0n) is 18.1. The molecule has 1 heterocycles. The Morgan fingerprint density at radius 2 is 1.70 bits per heavy atom. The van der Waals surface area contributed by atoms with Crippen LogP contribution in [0.25, 0.3) is 0 Å². The van der Waals surface area contributed by atoms with E-state index in [0.717, 1.165) is 25.7 Å². The Bertz CT molecular complexity index is 517. The van der Waals surface area contributed by atoms with Crippen molar-refractivity contribution in [2.45, 2.75) is 87.8 Å². The fraction of sp³-hybridized carbons (Fsp3) is 0.850. The second-order valence-electron chi connectivity index (χ2n) is 7.05. The molecular weight excluding hydrogens is 457 g/mol.